The van der Waals surface area contributed by atoms with Gasteiger partial charge in [0.05, 0.1) is 24.3 Å². The summed E-state index contributed by atoms with van der Waals surface area (Å²) in [5.41, 5.74) is 0.652. The van der Waals surface area contributed by atoms with E-state index >= 15 is 0 Å². The van der Waals surface area contributed by atoms with Crippen LogP contribution in [-0.4, -0.2) is 43.3 Å². The molecule has 0 aliphatic carbocycles. The lowest BCUT2D eigenvalue weighted by molar-refractivity contribution is -0.137. The Balaban J connectivity index is 1.85. The quantitative estimate of drug-likeness (QED) is 0.773. The number of carbonyl (C=O) groups excluding carboxylic acids is 1. The second kappa shape index (κ2) is 8.61. The minimum atomic E-state index is -0.476. The van der Waals surface area contributed by atoms with E-state index in [-0.39, 0.29) is 30.7 Å². The maximum absolute atomic E-state index is 13.9. The van der Waals surface area contributed by atoms with Gasteiger partial charge in [0.15, 0.2) is 0 Å². The number of rotatable bonds is 7. The number of halogens is 1. The number of amides is 1. The van der Waals surface area contributed by atoms with Gasteiger partial charge in [0, 0.05) is 25.3 Å². The van der Waals surface area contributed by atoms with E-state index in [2.05, 4.69) is 0 Å². The Labute approximate surface area is 135 Å². The van der Waals surface area contributed by atoms with Crippen LogP contribution in [0.25, 0.3) is 0 Å². The lowest BCUT2D eigenvalue weighted by atomic mass is 10.1. The third-order valence-electron chi connectivity index (χ3n) is 3.83. The molecule has 0 spiro atoms. The van der Waals surface area contributed by atoms with E-state index in [1.165, 1.54) is 17.0 Å². The highest BCUT2D eigenvalue weighted by Crippen LogP contribution is 2.14. The van der Waals surface area contributed by atoms with Crippen LogP contribution in [0.15, 0.2) is 18.2 Å². The lowest BCUT2D eigenvalue weighted by Gasteiger charge is -2.21. The van der Waals surface area contributed by atoms with Gasteiger partial charge in [-0.3, -0.25) is 4.79 Å². The third-order valence-corrected chi connectivity index (χ3v) is 3.83. The fourth-order valence-electron chi connectivity index (χ4n) is 2.47. The van der Waals surface area contributed by atoms with E-state index in [0.717, 1.165) is 19.4 Å². The van der Waals surface area contributed by atoms with E-state index in [1.54, 1.807) is 6.07 Å². The predicted molar refractivity (Wildman–Crippen MR) is 82.0 cm³/mol. The van der Waals surface area contributed by atoms with Crippen molar-refractivity contribution in [2.75, 3.05) is 26.4 Å². The zero-order valence-corrected chi connectivity index (χ0v) is 13.3. The van der Waals surface area contributed by atoms with Gasteiger partial charge in [-0.15, -0.1) is 0 Å². The second-order valence-corrected chi connectivity index (χ2v) is 5.48. The van der Waals surface area contributed by atoms with Gasteiger partial charge in [0.25, 0.3) is 0 Å². The lowest BCUT2D eigenvalue weighted by Crippen LogP contribution is -2.34. The molecular formula is C17H21FN2O3. The van der Waals surface area contributed by atoms with Gasteiger partial charge in [0.2, 0.25) is 5.91 Å². The van der Waals surface area contributed by atoms with Crippen molar-refractivity contribution in [2.24, 2.45) is 0 Å². The molecule has 124 valence electrons. The van der Waals surface area contributed by atoms with Crippen LogP contribution in [0.4, 0.5) is 4.39 Å². The monoisotopic (exact) mass is 320 g/mol. The molecule has 1 aliphatic heterocycles. The van der Waals surface area contributed by atoms with Crippen molar-refractivity contribution in [1.82, 2.24) is 4.90 Å². The van der Waals surface area contributed by atoms with Crippen LogP contribution in [0.5, 0.6) is 0 Å². The molecular weight excluding hydrogens is 299 g/mol. The van der Waals surface area contributed by atoms with Crippen LogP contribution in [0.1, 0.15) is 30.9 Å². The molecule has 1 heterocycles. The number of likely N-dealkylation sites (N-methyl/N-ethyl adjacent to an activating group) is 1. The van der Waals surface area contributed by atoms with Gasteiger partial charge >= 0.3 is 0 Å². The molecule has 23 heavy (non-hydrogen) atoms. The Bertz CT molecular complexity index is 580. The molecule has 0 saturated carbocycles. The number of benzene rings is 1. The van der Waals surface area contributed by atoms with Crippen molar-refractivity contribution in [3.05, 3.63) is 35.1 Å². The van der Waals surface area contributed by atoms with E-state index < -0.39 is 5.82 Å². The molecule has 0 N–H and O–H groups in total. The maximum atomic E-state index is 13.9. The van der Waals surface area contributed by atoms with Crippen LogP contribution < -0.4 is 0 Å². The third kappa shape index (κ3) is 5.02. The molecule has 5 nitrogen and oxygen atoms in total. The Morgan fingerprint density at radius 3 is 3.00 bits per heavy atom. The average molecular weight is 320 g/mol. The number of nitriles is 1. The summed E-state index contributed by atoms with van der Waals surface area (Å²) >= 11 is 0. The minimum Gasteiger partial charge on any atom is -0.376 e. The highest BCUT2D eigenvalue weighted by Gasteiger charge is 2.18. The van der Waals surface area contributed by atoms with Crippen LogP contribution in [0, 0.1) is 17.1 Å². The van der Waals surface area contributed by atoms with Crippen molar-refractivity contribution in [2.45, 2.75) is 32.4 Å². The summed E-state index contributed by atoms with van der Waals surface area (Å²) in [6.07, 6.45) is 2.07. The van der Waals surface area contributed by atoms with Crippen LogP contribution in [0.2, 0.25) is 0 Å². The number of ether oxygens (including phenoxy) is 2. The summed E-state index contributed by atoms with van der Waals surface area (Å²) in [6.45, 7) is 3.58. The van der Waals surface area contributed by atoms with Crippen molar-refractivity contribution >= 4 is 5.91 Å². The first-order valence-corrected chi connectivity index (χ1v) is 7.79. The number of carbonyl (C=O) groups is 1. The van der Waals surface area contributed by atoms with Crippen molar-refractivity contribution in [3.63, 3.8) is 0 Å². The highest BCUT2D eigenvalue weighted by atomic mass is 19.1. The topological polar surface area (TPSA) is 62.6 Å². The van der Waals surface area contributed by atoms with E-state index in [0.29, 0.717) is 18.7 Å². The summed E-state index contributed by atoms with van der Waals surface area (Å²) < 4.78 is 24.8. The van der Waals surface area contributed by atoms with E-state index in [9.17, 15) is 9.18 Å². The largest absolute Gasteiger partial charge is 0.376 e. The minimum absolute atomic E-state index is 0.0361. The zero-order chi connectivity index (χ0) is 16.7. The Morgan fingerprint density at radius 2 is 2.39 bits per heavy atom. The van der Waals surface area contributed by atoms with E-state index in [4.69, 9.17) is 14.7 Å². The number of hydrogen-bond donors (Lipinski definition) is 0. The normalized spacial score (nSPS) is 17.0. The van der Waals surface area contributed by atoms with Crippen LogP contribution in [-0.2, 0) is 20.8 Å². The highest BCUT2D eigenvalue weighted by molar-refractivity contribution is 5.77. The van der Waals surface area contributed by atoms with Gasteiger partial charge in [-0.2, -0.15) is 5.26 Å². The summed E-state index contributed by atoms with van der Waals surface area (Å²) in [6, 6.07) is 6.15. The molecule has 1 aromatic carbocycles. The molecule has 1 fully saturated rings. The van der Waals surface area contributed by atoms with Gasteiger partial charge in [-0.1, -0.05) is 6.07 Å². The first-order chi connectivity index (χ1) is 11.1. The van der Waals surface area contributed by atoms with Crippen LogP contribution >= 0.6 is 0 Å². The molecule has 0 radical (unpaired) electrons. The van der Waals surface area contributed by atoms with Gasteiger partial charge in [0.1, 0.15) is 12.4 Å². The first kappa shape index (κ1) is 17.4. The molecule has 0 aromatic heterocycles. The molecule has 0 bridgehead atoms. The fraction of sp³-hybridized carbons (Fsp3) is 0.529. The van der Waals surface area contributed by atoms with Crippen molar-refractivity contribution in [1.29, 1.82) is 5.26 Å². The Morgan fingerprint density at radius 1 is 1.57 bits per heavy atom. The van der Waals surface area contributed by atoms with Crippen molar-refractivity contribution < 1.29 is 18.7 Å². The van der Waals surface area contributed by atoms with Gasteiger partial charge in [-0.05, 0) is 31.9 Å². The van der Waals surface area contributed by atoms with Gasteiger partial charge < -0.3 is 14.4 Å². The SMILES string of the molecule is CCN(Cc1ccc(C#N)cc1F)C(=O)COC[C@@H]1CCCO1. The Hall–Kier alpha value is -1.97. The zero-order valence-electron chi connectivity index (χ0n) is 13.3. The van der Waals surface area contributed by atoms with Crippen molar-refractivity contribution in [3.8, 4) is 6.07 Å². The molecule has 0 unspecified atom stereocenters. The smallest absolute Gasteiger partial charge is 0.248 e. The molecule has 1 amide bonds. The molecule has 1 aromatic rings. The summed E-state index contributed by atoms with van der Waals surface area (Å²) in [5, 5.41) is 8.75. The fourth-order valence-corrected chi connectivity index (χ4v) is 2.47. The summed E-state index contributed by atoms with van der Waals surface area (Å²) in [4.78, 5) is 13.7. The molecule has 2 rings (SSSR count). The second-order valence-electron chi connectivity index (χ2n) is 5.48. The molecule has 1 saturated heterocycles. The van der Waals surface area contributed by atoms with Crippen LogP contribution in [0.3, 0.4) is 0 Å². The summed E-state index contributed by atoms with van der Waals surface area (Å²) in [5.74, 6) is -0.662. The first-order valence-electron chi connectivity index (χ1n) is 7.79. The molecule has 1 aliphatic rings. The van der Waals surface area contributed by atoms with Gasteiger partial charge in [-0.25, -0.2) is 4.39 Å². The summed E-state index contributed by atoms with van der Waals surface area (Å²) in [7, 11) is 0. The molecule has 1 atom stereocenters. The maximum Gasteiger partial charge on any atom is 0.248 e. The average Bonchev–Trinajstić information content (AvgIpc) is 3.06. The molecule has 6 heteroatoms. The Kier molecular flexibility index (Phi) is 6.51. The van der Waals surface area contributed by atoms with E-state index in [1.807, 2.05) is 13.0 Å². The number of nitrogens with zero attached hydrogens (tertiary/aromatic N) is 2. The number of hydrogen-bond acceptors (Lipinski definition) is 4. The standard InChI is InChI=1S/C17H21FN2O3/c1-2-20(10-14-6-5-13(9-19)8-16(14)18)17(21)12-22-11-15-4-3-7-23-15/h5-6,8,15H,2-4,7,10-12H2,1H3/t15-/m0/s1. The predicted octanol–water partition coefficient (Wildman–Crippen LogP) is 2.24.